The normalized spacial score (nSPS) is 15.1. The third kappa shape index (κ3) is 5.01. The van der Waals surface area contributed by atoms with Crippen LogP contribution in [0.15, 0.2) is 48.0 Å². The maximum Gasteiger partial charge on any atom is 0.335 e. The Morgan fingerprint density at radius 2 is 1.94 bits per heavy atom. The second kappa shape index (κ2) is 9.31. The van der Waals surface area contributed by atoms with E-state index < -0.39 is 23.8 Å². The Morgan fingerprint density at radius 1 is 1.16 bits per heavy atom. The van der Waals surface area contributed by atoms with Gasteiger partial charge in [0, 0.05) is 6.07 Å². The zero-order valence-corrected chi connectivity index (χ0v) is 17.1. The van der Waals surface area contributed by atoms with Gasteiger partial charge in [-0.2, -0.15) is 0 Å². The van der Waals surface area contributed by atoms with Crippen molar-refractivity contribution in [3.05, 3.63) is 58.6 Å². The van der Waals surface area contributed by atoms with E-state index in [1.54, 1.807) is 25.1 Å². The first kappa shape index (κ1) is 21.8. The number of nitrogens with zero attached hydrogens (tertiary/aromatic N) is 1. The molecule has 1 heterocycles. The lowest BCUT2D eigenvalue weighted by molar-refractivity contribution is -0.123. The standard InChI is InChI=1S/C21H18ClN3O6/c1-2-30-14-5-3-4-13(10-14)25-20(28)15(19(27)24-21(25)29)8-12-6-7-17(16(22)9-12)31-11-18(23)26/h3-10H,2,11H2,1H3,(H2,23,26)(H,24,27,29). The molecule has 0 aliphatic carbocycles. The van der Waals surface area contributed by atoms with E-state index in [0.29, 0.717) is 17.9 Å². The van der Waals surface area contributed by atoms with Crippen molar-refractivity contribution in [2.75, 3.05) is 18.1 Å². The quantitative estimate of drug-likeness (QED) is 0.499. The van der Waals surface area contributed by atoms with E-state index in [1.165, 1.54) is 30.3 Å². The Hall–Kier alpha value is -3.85. The molecule has 2 aromatic rings. The van der Waals surface area contributed by atoms with Crippen molar-refractivity contribution in [2.45, 2.75) is 6.92 Å². The lowest BCUT2D eigenvalue weighted by Crippen LogP contribution is -2.54. The average molecular weight is 444 g/mol. The molecule has 0 aromatic heterocycles. The van der Waals surface area contributed by atoms with Crippen molar-refractivity contribution in [1.82, 2.24) is 5.32 Å². The molecule has 3 rings (SSSR count). The average Bonchev–Trinajstić information content (AvgIpc) is 2.71. The van der Waals surface area contributed by atoms with Gasteiger partial charge in [0.15, 0.2) is 6.61 Å². The molecule has 2 aromatic carbocycles. The van der Waals surface area contributed by atoms with Gasteiger partial charge in [0.25, 0.3) is 17.7 Å². The number of urea groups is 1. The van der Waals surface area contributed by atoms with Gasteiger partial charge in [-0.25, -0.2) is 9.69 Å². The highest BCUT2D eigenvalue weighted by molar-refractivity contribution is 6.39. The van der Waals surface area contributed by atoms with Crippen molar-refractivity contribution in [2.24, 2.45) is 5.73 Å². The van der Waals surface area contributed by atoms with Gasteiger partial charge >= 0.3 is 6.03 Å². The van der Waals surface area contributed by atoms with E-state index in [2.05, 4.69) is 5.32 Å². The van der Waals surface area contributed by atoms with Gasteiger partial charge in [-0.15, -0.1) is 0 Å². The molecular formula is C21H18ClN3O6. The fourth-order valence-electron chi connectivity index (χ4n) is 2.81. The smallest absolute Gasteiger partial charge is 0.335 e. The van der Waals surface area contributed by atoms with Gasteiger partial charge in [-0.3, -0.25) is 19.7 Å². The number of rotatable bonds is 7. The number of nitrogens with one attached hydrogen (secondary N) is 1. The Bertz CT molecular complexity index is 1100. The second-order valence-electron chi connectivity index (χ2n) is 6.33. The molecule has 160 valence electrons. The molecule has 0 unspecified atom stereocenters. The Kier molecular flexibility index (Phi) is 6.56. The summed E-state index contributed by atoms with van der Waals surface area (Å²) in [4.78, 5) is 49.3. The van der Waals surface area contributed by atoms with Gasteiger partial charge in [-0.1, -0.05) is 23.7 Å². The number of imide groups is 2. The highest BCUT2D eigenvalue weighted by atomic mass is 35.5. The van der Waals surface area contributed by atoms with Crippen LogP contribution in [0.1, 0.15) is 12.5 Å². The van der Waals surface area contributed by atoms with E-state index in [4.69, 9.17) is 26.8 Å². The number of benzene rings is 2. The number of carbonyl (C=O) groups is 4. The van der Waals surface area contributed by atoms with Crippen molar-refractivity contribution in [1.29, 1.82) is 0 Å². The van der Waals surface area contributed by atoms with Gasteiger partial charge in [0.1, 0.15) is 17.1 Å². The molecule has 0 saturated carbocycles. The van der Waals surface area contributed by atoms with Crippen LogP contribution >= 0.6 is 11.6 Å². The molecule has 31 heavy (non-hydrogen) atoms. The number of halogens is 1. The van der Waals surface area contributed by atoms with Crippen LogP contribution in [0, 0.1) is 0 Å². The van der Waals surface area contributed by atoms with Crippen molar-refractivity contribution in [3.8, 4) is 11.5 Å². The minimum Gasteiger partial charge on any atom is -0.494 e. The summed E-state index contributed by atoms with van der Waals surface area (Å²) in [6.07, 6.45) is 1.30. The second-order valence-corrected chi connectivity index (χ2v) is 6.74. The molecule has 0 radical (unpaired) electrons. The third-order valence-corrected chi connectivity index (χ3v) is 4.42. The number of barbiturate groups is 1. The number of anilines is 1. The molecule has 1 aliphatic rings. The van der Waals surface area contributed by atoms with Crippen molar-refractivity contribution < 1.29 is 28.7 Å². The molecule has 1 saturated heterocycles. The molecule has 1 aliphatic heterocycles. The zero-order valence-electron chi connectivity index (χ0n) is 16.4. The van der Waals surface area contributed by atoms with Crippen LogP contribution in [-0.4, -0.2) is 37.0 Å². The van der Waals surface area contributed by atoms with Gasteiger partial charge in [0.2, 0.25) is 0 Å². The summed E-state index contributed by atoms with van der Waals surface area (Å²) in [5.41, 5.74) is 5.43. The SMILES string of the molecule is CCOc1cccc(N2C(=O)NC(=O)C(=Cc3ccc(OCC(N)=O)c(Cl)c3)C2=O)c1. The monoisotopic (exact) mass is 443 g/mol. The van der Waals surface area contributed by atoms with E-state index in [9.17, 15) is 19.2 Å². The number of hydrogen-bond acceptors (Lipinski definition) is 6. The van der Waals surface area contributed by atoms with Crippen molar-refractivity contribution in [3.63, 3.8) is 0 Å². The van der Waals surface area contributed by atoms with E-state index >= 15 is 0 Å². The lowest BCUT2D eigenvalue weighted by atomic mass is 10.1. The molecule has 1 fully saturated rings. The Balaban J connectivity index is 1.91. The predicted molar refractivity (Wildman–Crippen MR) is 113 cm³/mol. The van der Waals surface area contributed by atoms with E-state index in [1.807, 2.05) is 0 Å². The lowest BCUT2D eigenvalue weighted by Gasteiger charge is -2.26. The number of ether oxygens (including phenoxy) is 2. The summed E-state index contributed by atoms with van der Waals surface area (Å²) in [5.74, 6) is -1.61. The van der Waals surface area contributed by atoms with Crippen LogP contribution < -0.4 is 25.4 Å². The summed E-state index contributed by atoms with van der Waals surface area (Å²) in [7, 11) is 0. The largest absolute Gasteiger partial charge is 0.494 e. The fraction of sp³-hybridized carbons (Fsp3) is 0.143. The molecule has 9 nitrogen and oxygen atoms in total. The fourth-order valence-corrected chi connectivity index (χ4v) is 3.05. The zero-order chi connectivity index (χ0) is 22.5. The van der Waals surface area contributed by atoms with Crippen LogP contribution in [-0.2, 0) is 14.4 Å². The summed E-state index contributed by atoms with van der Waals surface area (Å²) < 4.78 is 10.6. The van der Waals surface area contributed by atoms with Crippen LogP contribution in [0.2, 0.25) is 5.02 Å². The number of amides is 5. The molecule has 0 spiro atoms. The first-order valence-electron chi connectivity index (χ1n) is 9.15. The Morgan fingerprint density at radius 3 is 2.61 bits per heavy atom. The summed E-state index contributed by atoms with van der Waals surface area (Å²) in [6.45, 7) is 1.87. The predicted octanol–water partition coefficient (Wildman–Crippen LogP) is 2.27. The number of hydrogen-bond donors (Lipinski definition) is 2. The highest BCUT2D eigenvalue weighted by Gasteiger charge is 2.37. The summed E-state index contributed by atoms with van der Waals surface area (Å²) in [6, 6.07) is 9.97. The van der Waals surface area contributed by atoms with E-state index in [0.717, 1.165) is 4.90 Å². The topological polar surface area (TPSA) is 128 Å². The molecular weight excluding hydrogens is 426 g/mol. The van der Waals surface area contributed by atoms with Gasteiger partial charge < -0.3 is 15.2 Å². The summed E-state index contributed by atoms with van der Waals surface area (Å²) in [5, 5.41) is 2.30. The third-order valence-electron chi connectivity index (χ3n) is 4.13. The minimum atomic E-state index is -0.867. The molecule has 5 amide bonds. The first-order valence-corrected chi connectivity index (χ1v) is 9.53. The van der Waals surface area contributed by atoms with Crippen LogP contribution in [0.4, 0.5) is 10.5 Å². The number of carbonyl (C=O) groups excluding carboxylic acids is 4. The van der Waals surface area contributed by atoms with Crippen molar-refractivity contribution >= 4 is 47.1 Å². The first-order chi connectivity index (χ1) is 14.8. The Labute approximate surface area is 182 Å². The maximum absolute atomic E-state index is 13.0. The molecule has 3 N–H and O–H groups in total. The van der Waals surface area contributed by atoms with Crippen LogP contribution in [0.5, 0.6) is 11.5 Å². The highest BCUT2D eigenvalue weighted by Crippen LogP contribution is 2.28. The molecule has 0 bridgehead atoms. The maximum atomic E-state index is 13.0. The summed E-state index contributed by atoms with van der Waals surface area (Å²) >= 11 is 6.13. The van der Waals surface area contributed by atoms with Crippen LogP contribution in [0.25, 0.3) is 6.08 Å². The number of primary amides is 1. The molecule has 0 atom stereocenters. The van der Waals surface area contributed by atoms with Gasteiger partial charge in [0.05, 0.1) is 17.3 Å². The molecule has 10 heteroatoms. The van der Waals surface area contributed by atoms with Crippen LogP contribution in [0.3, 0.4) is 0 Å². The number of nitrogens with two attached hydrogens (primary N) is 1. The van der Waals surface area contributed by atoms with E-state index in [-0.39, 0.29) is 28.6 Å². The minimum absolute atomic E-state index is 0.150. The van der Waals surface area contributed by atoms with Gasteiger partial charge in [-0.05, 0) is 42.8 Å².